The van der Waals surface area contributed by atoms with Crippen LogP contribution in [0.5, 0.6) is 0 Å². The Kier molecular flexibility index (Phi) is 3.75. The molecule has 1 N–H and O–H groups in total. The maximum absolute atomic E-state index is 4.14. The second-order valence-electron chi connectivity index (χ2n) is 6.48. The number of rotatable bonds is 5. The van der Waals surface area contributed by atoms with E-state index in [-0.39, 0.29) is 0 Å². The van der Waals surface area contributed by atoms with Gasteiger partial charge in [-0.15, -0.1) is 5.10 Å². The van der Waals surface area contributed by atoms with Crippen molar-refractivity contribution in [3.63, 3.8) is 0 Å². The van der Waals surface area contributed by atoms with Gasteiger partial charge in [-0.25, -0.2) is 10.1 Å². The van der Waals surface area contributed by atoms with Crippen LogP contribution in [-0.4, -0.2) is 34.7 Å². The van der Waals surface area contributed by atoms with Crippen LogP contribution < -0.4 is 0 Å². The Bertz CT molecular complexity index is 1150. The summed E-state index contributed by atoms with van der Waals surface area (Å²) < 4.78 is 4.39. The first-order chi connectivity index (χ1) is 13.4. The molecular weight excluding hydrogens is 338 g/mol. The Hall–Kier alpha value is -3.74. The summed E-state index contributed by atoms with van der Waals surface area (Å²) in [5, 5.41) is 15.3. The summed E-state index contributed by atoms with van der Waals surface area (Å²) >= 11 is 0. The van der Waals surface area contributed by atoms with Crippen molar-refractivity contribution >= 4 is 10.9 Å². The highest BCUT2D eigenvalue weighted by molar-refractivity contribution is 5.84. The number of aromatic amines is 1. The fourth-order valence-corrected chi connectivity index (χ4v) is 3.40. The molecule has 3 heterocycles. The number of nitrogens with zero attached hydrogens (tertiary/aromatic N) is 6. The number of fused-ring (bicyclic) bond motifs is 1. The summed E-state index contributed by atoms with van der Waals surface area (Å²) in [5.41, 5.74) is 4.71. The number of hydrogen-bond acceptors (Lipinski definition) is 4. The van der Waals surface area contributed by atoms with Gasteiger partial charge in [0.2, 0.25) is 0 Å². The zero-order valence-electron chi connectivity index (χ0n) is 14.5. The molecule has 0 bridgehead atoms. The molecule has 0 unspecified atom stereocenters. The first kappa shape index (κ1) is 15.5. The molecule has 0 saturated carbocycles. The smallest absolute Gasteiger partial charge is 0.179 e. The van der Waals surface area contributed by atoms with Gasteiger partial charge in [-0.05, 0) is 27.6 Å². The van der Waals surface area contributed by atoms with E-state index >= 15 is 0 Å². The Morgan fingerprint density at radius 2 is 1.85 bits per heavy atom. The van der Waals surface area contributed by atoms with Crippen LogP contribution in [0.3, 0.4) is 0 Å². The van der Waals surface area contributed by atoms with Crippen molar-refractivity contribution in [3.8, 4) is 11.4 Å². The number of nitrogens with one attached hydrogen (secondary N) is 1. The maximum Gasteiger partial charge on any atom is 0.179 e. The van der Waals surface area contributed by atoms with Gasteiger partial charge in [-0.1, -0.05) is 42.5 Å². The van der Waals surface area contributed by atoms with Crippen molar-refractivity contribution in [2.24, 2.45) is 0 Å². The predicted molar refractivity (Wildman–Crippen MR) is 102 cm³/mol. The molecule has 7 nitrogen and oxygen atoms in total. The zero-order valence-corrected chi connectivity index (χ0v) is 14.5. The van der Waals surface area contributed by atoms with Crippen molar-refractivity contribution in [2.45, 2.75) is 13.1 Å². The summed E-state index contributed by atoms with van der Waals surface area (Å²) in [6, 6.07) is 16.8. The molecule has 5 aromatic rings. The molecule has 0 aliphatic carbocycles. The normalized spacial score (nSPS) is 11.3. The van der Waals surface area contributed by atoms with Crippen molar-refractivity contribution in [1.29, 1.82) is 0 Å². The molecule has 5 rings (SSSR count). The molecule has 132 valence electrons. The Morgan fingerprint density at radius 1 is 0.963 bits per heavy atom. The van der Waals surface area contributed by atoms with E-state index in [9.17, 15) is 0 Å². The lowest BCUT2D eigenvalue weighted by Crippen LogP contribution is -1.98. The summed E-state index contributed by atoms with van der Waals surface area (Å²) in [7, 11) is 0. The molecule has 0 amide bonds. The van der Waals surface area contributed by atoms with Gasteiger partial charge in [0.1, 0.15) is 0 Å². The van der Waals surface area contributed by atoms with Crippen molar-refractivity contribution < 1.29 is 0 Å². The van der Waals surface area contributed by atoms with Crippen LogP contribution in [0.2, 0.25) is 0 Å². The van der Waals surface area contributed by atoms with E-state index < -0.39 is 0 Å². The molecule has 3 aromatic heterocycles. The number of hydrogen-bond donors (Lipinski definition) is 1. The van der Waals surface area contributed by atoms with Crippen molar-refractivity contribution in [2.75, 3.05) is 0 Å². The average Bonchev–Trinajstić information content (AvgIpc) is 3.46. The van der Waals surface area contributed by atoms with Crippen LogP contribution in [0.15, 0.2) is 73.4 Å². The molecule has 2 aromatic carbocycles. The molecule has 27 heavy (non-hydrogen) atoms. The molecule has 0 aliphatic heterocycles. The van der Waals surface area contributed by atoms with Gasteiger partial charge in [-0.2, -0.15) is 0 Å². The number of H-pyrrole nitrogens is 1. The minimum atomic E-state index is 0.676. The lowest BCUT2D eigenvalue weighted by Gasteiger charge is -2.06. The van der Waals surface area contributed by atoms with Gasteiger partial charge in [0.05, 0.1) is 12.9 Å². The van der Waals surface area contributed by atoms with Crippen LogP contribution in [0.4, 0.5) is 0 Å². The van der Waals surface area contributed by atoms with Crippen LogP contribution >= 0.6 is 0 Å². The number of imidazole rings is 1. The average molecular weight is 355 g/mol. The van der Waals surface area contributed by atoms with Crippen molar-refractivity contribution in [3.05, 3.63) is 84.6 Å². The lowest BCUT2D eigenvalue weighted by molar-refractivity contribution is 0.783. The third kappa shape index (κ3) is 2.99. The fraction of sp³-hybridized carbons (Fsp3) is 0.100. The number of benzene rings is 2. The van der Waals surface area contributed by atoms with E-state index in [4.69, 9.17) is 0 Å². The molecule has 0 saturated heterocycles. The Balaban J connectivity index is 1.46. The third-order valence-electron chi connectivity index (χ3n) is 4.71. The second kappa shape index (κ2) is 6.53. The van der Waals surface area contributed by atoms with Gasteiger partial charge in [-0.3, -0.25) is 0 Å². The molecule has 7 heteroatoms. The maximum atomic E-state index is 4.14. The molecule has 0 fully saturated rings. The molecule has 0 aliphatic rings. The van der Waals surface area contributed by atoms with E-state index in [1.165, 1.54) is 22.0 Å². The van der Waals surface area contributed by atoms with E-state index in [1.807, 2.05) is 30.9 Å². The van der Waals surface area contributed by atoms with Gasteiger partial charge < -0.3 is 9.13 Å². The summed E-state index contributed by atoms with van der Waals surface area (Å²) in [4.78, 5) is 4.14. The first-order valence-corrected chi connectivity index (χ1v) is 8.72. The Morgan fingerprint density at radius 3 is 2.63 bits per heavy atom. The monoisotopic (exact) mass is 355 g/mol. The summed E-state index contributed by atoms with van der Waals surface area (Å²) in [6.45, 7) is 1.62. The van der Waals surface area contributed by atoms with E-state index in [0.29, 0.717) is 5.82 Å². The Labute approximate surface area is 155 Å². The molecule has 0 spiro atoms. The van der Waals surface area contributed by atoms with E-state index in [1.54, 1.807) is 0 Å². The highest BCUT2D eigenvalue weighted by atomic mass is 15.5. The summed E-state index contributed by atoms with van der Waals surface area (Å²) in [6.07, 6.45) is 7.89. The standard InChI is InChI=1S/C20H17N7/c1-2-4-19-18(3-1)17(12-26-10-9-21-14-26)13-27(19)11-15-5-7-16(8-6-15)20-22-24-25-23-20/h1-10,13-14H,11-12H2,(H,22,23,24,25). The summed E-state index contributed by atoms with van der Waals surface area (Å²) in [5.74, 6) is 0.676. The molecular formula is C20H17N7. The minimum absolute atomic E-state index is 0.676. The molecule has 0 radical (unpaired) electrons. The SMILES string of the molecule is c1ccc2c(c1)c(Cn1ccnc1)cn2Cc1ccc(-c2nnn[nH]2)cc1. The van der Waals surface area contributed by atoms with Crippen molar-refractivity contribution in [1.82, 2.24) is 34.7 Å². The van der Waals surface area contributed by atoms with Crippen LogP contribution in [-0.2, 0) is 13.1 Å². The second-order valence-corrected chi connectivity index (χ2v) is 6.48. The lowest BCUT2D eigenvalue weighted by atomic mass is 10.1. The number of aromatic nitrogens is 7. The van der Waals surface area contributed by atoms with Crippen LogP contribution in [0.25, 0.3) is 22.3 Å². The molecule has 0 atom stereocenters. The number of tetrazole rings is 1. The fourth-order valence-electron chi connectivity index (χ4n) is 3.40. The van der Waals surface area contributed by atoms with Gasteiger partial charge in [0.25, 0.3) is 0 Å². The first-order valence-electron chi connectivity index (χ1n) is 8.72. The van der Waals surface area contributed by atoms with Crippen LogP contribution in [0.1, 0.15) is 11.1 Å². The predicted octanol–water partition coefficient (Wildman–Crippen LogP) is 3.11. The topological polar surface area (TPSA) is 77.2 Å². The highest BCUT2D eigenvalue weighted by Crippen LogP contribution is 2.24. The van der Waals surface area contributed by atoms with E-state index in [2.05, 4.69) is 77.3 Å². The largest absolute Gasteiger partial charge is 0.343 e. The van der Waals surface area contributed by atoms with Gasteiger partial charge in [0.15, 0.2) is 5.82 Å². The third-order valence-corrected chi connectivity index (χ3v) is 4.71. The highest BCUT2D eigenvalue weighted by Gasteiger charge is 2.09. The quantitative estimate of drug-likeness (QED) is 0.525. The zero-order chi connectivity index (χ0) is 18.1. The minimum Gasteiger partial charge on any atom is -0.343 e. The van der Waals surface area contributed by atoms with Crippen LogP contribution in [0, 0.1) is 0 Å². The van der Waals surface area contributed by atoms with Gasteiger partial charge >= 0.3 is 0 Å². The van der Waals surface area contributed by atoms with Gasteiger partial charge in [0, 0.05) is 41.6 Å². The van der Waals surface area contributed by atoms with E-state index in [0.717, 1.165) is 18.7 Å². The number of para-hydroxylation sites is 1.